The van der Waals surface area contributed by atoms with Crippen LogP contribution in [0, 0.1) is 0 Å². The van der Waals surface area contributed by atoms with E-state index < -0.39 is 71.8 Å². The maximum Gasteiger partial charge on any atom is 0.338 e. The Bertz CT molecular complexity index is 2150. The molecule has 2 fully saturated rings. The summed E-state index contributed by atoms with van der Waals surface area (Å²) in [6, 6.07) is 32.0. The van der Waals surface area contributed by atoms with Crippen molar-refractivity contribution in [3.63, 3.8) is 0 Å². The predicted octanol–water partition coefficient (Wildman–Crippen LogP) is 11.4. The third-order valence-corrected chi connectivity index (χ3v) is 12.2. The highest BCUT2D eigenvalue weighted by Crippen LogP contribution is 2.37. The molecule has 8 atom stereocenters. The minimum atomic E-state index is -1.34. The van der Waals surface area contributed by atoms with Crippen molar-refractivity contribution in [2.75, 3.05) is 25.3 Å². The van der Waals surface area contributed by atoms with Gasteiger partial charge in [-0.15, -0.1) is 0 Å². The van der Waals surface area contributed by atoms with Gasteiger partial charge >= 0.3 is 11.9 Å². The molecule has 6 rings (SSSR count). The molecule has 0 spiro atoms. The molecule has 0 amide bonds. The van der Waals surface area contributed by atoms with E-state index in [2.05, 4.69) is 22.6 Å². The summed E-state index contributed by atoms with van der Waals surface area (Å²) in [7, 11) is 3.22. The summed E-state index contributed by atoms with van der Waals surface area (Å²) < 4.78 is 89.2. The third-order valence-electron chi connectivity index (χ3n) is 11.6. The molecule has 392 valence electrons. The van der Waals surface area contributed by atoms with E-state index in [-0.39, 0.29) is 31.7 Å². The summed E-state index contributed by atoms with van der Waals surface area (Å²) in [6.07, 6.45) is -1.71. The van der Waals surface area contributed by atoms with E-state index in [0.717, 1.165) is 27.1 Å². The fourth-order valence-electron chi connectivity index (χ4n) is 7.84. The zero-order valence-corrected chi connectivity index (χ0v) is 44.5. The van der Waals surface area contributed by atoms with Gasteiger partial charge in [-0.25, -0.2) is 18.4 Å². The Morgan fingerprint density at radius 1 is 0.611 bits per heavy atom. The predicted molar refractivity (Wildman–Crippen MR) is 276 cm³/mol. The number of methoxy groups -OCH3 is 2. The molecule has 16 heteroatoms. The lowest BCUT2D eigenvalue weighted by atomic mass is 10.0. The van der Waals surface area contributed by atoms with Crippen LogP contribution >= 0.6 is 22.6 Å². The number of hydrogen-bond acceptors (Lipinski definition) is 13. The van der Waals surface area contributed by atoms with Crippen molar-refractivity contribution in [2.45, 2.75) is 141 Å². The number of benzene rings is 4. The lowest BCUT2D eigenvalue weighted by molar-refractivity contribution is -0.155. The molecule has 2 aliphatic rings. The van der Waals surface area contributed by atoms with Crippen molar-refractivity contribution in [3.05, 3.63) is 155 Å². The number of alkyl halides is 1. The van der Waals surface area contributed by atoms with Crippen LogP contribution in [0.3, 0.4) is 0 Å². The van der Waals surface area contributed by atoms with E-state index in [1.165, 1.54) is 12.2 Å². The van der Waals surface area contributed by atoms with Crippen LogP contribution in [-0.2, 0) is 51.1 Å². The van der Waals surface area contributed by atoms with E-state index in [9.17, 15) is 14.7 Å². The van der Waals surface area contributed by atoms with Crippen molar-refractivity contribution < 1.29 is 70.8 Å². The van der Waals surface area contributed by atoms with Crippen LogP contribution in [0.15, 0.2) is 133 Å². The van der Waals surface area contributed by atoms with Crippen molar-refractivity contribution in [1.29, 1.82) is 0 Å². The number of carbonyl (C=O) groups is 2. The summed E-state index contributed by atoms with van der Waals surface area (Å²) in [5.41, 5.74) is 2.59. The fourth-order valence-corrected chi connectivity index (χ4v) is 8.46. The first-order chi connectivity index (χ1) is 34.4. The summed E-state index contributed by atoms with van der Waals surface area (Å²) >= 11 is 2.24. The van der Waals surface area contributed by atoms with Crippen molar-refractivity contribution in [3.8, 4) is 11.5 Å². The van der Waals surface area contributed by atoms with Gasteiger partial charge in [0.2, 0.25) is 0 Å². The van der Waals surface area contributed by atoms with Crippen molar-refractivity contribution in [1.82, 2.24) is 0 Å². The smallest absolute Gasteiger partial charge is 0.338 e. The Morgan fingerprint density at radius 3 is 1.33 bits per heavy atom. The molecule has 2 saturated heterocycles. The normalized spacial score (nSPS) is 21.1. The van der Waals surface area contributed by atoms with Gasteiger partial charge < -0.3 is 52.5 Å². The molecule has 0 radical (unpaired) electrons. The Kier molecular flexibility index (Phi) is 23.1. The number of hydrogen-bond donors (Lipinski definition) is 1. The first-order valence-electron chi connectivity index (χ1n) is 24.0. The second-order valence-electron chi connectivity index (χ2n) is 18.2. The highest BCUT2D eigenvalue weighted by molar-refractivity contribution is 14.1. The SMILES string of the molecule is COc1ccc(CO[C@H](C)C/C=C(/F)C(OC(=O)c2ccccc2)C2OC(C)(C)OC2CCI)cc1.COc1ccc(CO[C@H](C)C/C=C(/F)C(OC(=O)c2ccccc2)C2OC(C)(C)OC2CCO)cc1. The molecule has 6 unspecified atom stereocenters. The van der Waals surface area contributed by atoms with Crippen LogP contribution in [0.2, 0.25) is 0 Å². The van der Waals surface area contributed by atoms with Gasteiger partial charge in [-0.1, -0.05) is 83.3 Å². The van der Waals surface area contributed by atoms with E-state index in [4.69, 9.17) is 47.4 Å². The minimum Gasteiger partial charge on any atom is -0.497 e. The molecule has 0 saturated carbocycles. The molecule has 4 aromatic rings. The average molecular weight is 1120 g/mol. The Labute approximate surface area is 436 Å². The zero-order valence-electron chi connectivity index (χ0n) is 42.3. The van der Waals surface area contributed by atoms with Crippen LogP contribution in [-0.4, -0.2) is 103 Å². The van der Waals surface area contributed by atoms with E-state index in [1.807, 2.05) is 62.4 Å². The van der Waals surface area contributed by atoms with Crippen LogP contribution in [0.5, 0.6) is 11.5 Å². The number of halogens is 3. The number of ether oxygens (including phenoxy) is 10. The van der Waals surface area contributed by atoms with Gasteiger partial charge in [0.05, 0.1) is 63.0 Å². The van der Waals surface area contributed by atoms with E-state index in [1.54, 1.807) is 103 Å². The quantitative estimate of drug-likeness (QED) is 0.0404. The summed E-state index contributed by atoms with van der Waals surface area (Å²) in [6.45, 7) is 11.2. The zero-order chi connectivity index (χ0) is 52.3. The van der Waals surface area contributed by atoms with Gasteiger partial charge in [-0.05, 0) is 139 Å². The summed E-state index contributed by atoms with van der Waals surface area (Å²) in [5.74, 6) is -2.93. The molecule has 13 nitrogen and oxygen atoms in total. The molecule has 0 aliphatic carbocycles. The molecule has 0 aromatic heterocycles. The second-order valence-corrected chi connectivity index (χ2v) is 19.3. The van der Waals surface area contributed by atoms with E-state index in [0.29, 0.717) is 37.2 Å². The first-order valence-corrected chi connectivity index (χ1v) is 25.6. The maximum atomic E-state index is 15.6. The second kappa shape index (κ2) is 28.6. The molecular weight excluding hydrogens is 1050 g/mol. The van der Waals surface area contributed by atoms with Gasteiger partial charge in [0.1, 0.15) is 35.4 Å². The highest BCUT2D eigenvalue weighted by atomic mass is 127. The molecule has 0 bridgehead atoms. The molecule has 2 heterocycles. The number of aliphatic hydroxyl groups excluding tert-OH is 1. The van der Waals surface area contributed by atoms with Gasteiger partial charge in [-0.2, -0.15) is 0 Å². The molecule has 4 aromatic carbocycles. The topological polar surface area (TPSA) is 147 Å². The number of aliphatic hydroxyl groups is 1. The molecular formula is C56H69F2IO13. The van der Waals surface area contributed by atoms with Crippen molar-refractivity contribution >= 4 is 34.5 Å². The fraction of sp³-hybridized carbons (Fsp3) is 0.464. The minimum absolute atomic E-state index is 0.179. The van der Waals surface area contributed by atoms with Crippen LogP contribution in [0.4, 0.5) is 8.78 Å². The molecule has 2 aliphatic heterocycles. The first kappa shape index (κ1) is 58.1. The van der Waals surface area contributed by atoms with Crippen LogP contribution in [0.25, 0.3) is 0 Å². The van der Waals surface area contributed by atoms with Gasteiger partial charge in [0.15, 0.2) is 23.8 Å². The standard InChI is InChI=1S/C28H34FIO6.C28H35FO7/c2*1-19(33-18-20-11-13-22(32-4)14-12-20)10-15-23(29)25(34-27(31)21-8-6-5-7-9-21)26-24(16-17-30)35-28(2,3)36-26/h5-9,11-15,19,24-26H,10,16-18H2,1-4H3;5-9,11-15,19,24-26,30H,10,16-18H2,1-4H3/b2*23-15+/t2*19-,24?,25?,26?/m11/s1. The van der Waals surface area contributed by atoms with Gasteiger partial charge in [0, 0.05) is 11.0 Å². The van der Waals surface area contributed by atoms with E-state index >= 15 is 8.78 Å². The Balaban J connectivity index is 0.000000267. The third kappa shape index (κ3) is 18.3. The average Bonchev–Trinajstić information content (AvgIpc) is 3.86. The molecule has 1 N–H and O–H groups in total. The largest absolute Gasteiger partial charge is 0.497 e. The Morgan fingerprint density at radius 2 is 0.986 bits per heavy atom. The lowest BCUT2D eigenvalue weighted by Gasteiger charge is -2.26. The Hall–Kier alpha value is -4.79. The lowest BCUT2D eigenvalue weighted by Crippen LogP contribution is -2.40. The van der Waals surface area contributed by atoms with Crippen LogP contribution in [0.1, 0.15) is 99.1 Å². The molecule has 72 heavy (non-hydrogen) atoms. The van der Waals surface area contributed by atoms with Crippen LogP contribution < -0.4 is 9.47 Å². The summed E-state index contributed by atoms with van der Waals surface area (Å²) in [4.78, 5) is 25.6. The maximum absolute atomic E-state index is 15.6. The highest BCUT2D eigenvalue weighted by Gasteiger charge is 2.49. The van der Waals surface area contributed by atoms with Gasteiger partial charge in [-0.3, -0.25) is 0 Å². The monoisotopic (exact) mass is 1110 g/mol. The van der Waals surface area contributed by atoms with Gasteiger partial charge in [0.25, 0.3) is 0 Å². The number of carbonyl (C=O) groups excluding carboxylic acids is 2. The number of rotatable bonds is 24. The number of esters is 2. The van der Waals surface area contributed by atoms with Crippen molar-refractivity contribution in [2.24, 2.45) is 0 Å². The summed E-state index contributed by atoms with van der Waals surface area (Å²) in [5, 5.41) is 9.48.